The number of halogens is 2. The summed E-state index contributed by atoms with van der Waals surface area (Å²) in [4.78, 5) is 11.3. The van der Waals surface area contributed by atoms with Gasteiger partial charge in [-0.2, -0.15) is 5.26 Å². The summed E-state index contributed by atoms with van der Waals surface area (Å²) < 4.78 is 28.4. The molecule has 0 radical (unpaired) electrons. The Morgan fingerprint density at radius 3 is 2.76 bits per heavy atom. The fourth-order valence-corrected chi connectivity index (χ4v) is 6.20. The number of nitrogens with two attached hydrogens (primary N) is 1. The molecule has 3 unspecified atom stereocenters. The Labute approximate surface area is 196 Å². The second kappa shape index (κ2) is 7.25. The van der Waals surface area contributed by atoms with E-state index in [4.69, 9.17) is 15.6 Å². The first-order valence-corrected chi connectivity index (χ1v) is 11.5. The number of hydrogen-bond donors (Lipinski definition) is 1. The van der Waals surface area contributed by atoms with E-state index in [0.717, 1.165) is 28.7 Å². The smallest absolute Gasteiger partial charge is 0.221 e. The molecule has 0 fully saturated rings. The summed E-state index contributed by atoms with van der Waals surface area (Å²) in [5.41, 5.74) is 9.78. The number of hydroxylamine groups is 2. The average molecular weight is 459 g/mol. The molecule has 4 aliphatic rings. The highest BCUT2D eigenvalue weighted by atomic mass is 19.2. The van der Waals surface area contributed by atoms with Gasteiger partial charge in [0.2, 0.25) is 11.7 Å². The molecule has 0 amide bonds. The molecule has 0 aromatic heterocycles. The van der Waals surface area contributed by atoms with Gasteiger partial charge in [-0.15, -0.1) is 0 Å². The number of nitriles is 1. The van der Waals surface area contributed by atoms with Gasteiger partial charge in [0.15, 0.2) is 11.6 Å². The fraction of sp³-hybridized carbons (Fsp3) is 0.333. The van der Waals surface area contributed by atoms with Crippen molar-refractivity contribution in [3.63, 3.8) is 0 Å². The molecule has 6 rings (SSSR count). The maximum Gasteiger partial charge on any atom is 0.221 e. The van der Waals surface area contributed by atoms with Gasteiger partial charge in [-0.25, -0.2) is 23.7 Å². The van der Waals surface area contributed by atoms with E-state index in [1.165, 1.54) is 11.1 Å². The maximum atomic E-state index is 14.5. The molecule has 2 aromatic rings. The molecule has 2 spiro atoms. The average Bonchev–Trinajstić information content (AvgIpc) is 3.29. The normalized spacial score (nSPS) is 29.1. The van der Waals surface area contributed by atoms with E-state index in [-0.39, 0.29) is 5.92 Å². The number of nitrogens with zero attached hydrogens (tertiary/aromatic N) is 3. The van der Waals surface area contributed by atoms with Crippen molar-refractivity contribution < 1.29 is 13.6 Å². The molecule has 7 heteroatoms. The molecule has 172 valence electrons. The standard InChI is InChI=1S/C27H24F2N4O/c1-33-25(31)32-27(34-33)22-12-18(17-4-2-3-16(11-17)15-30)5-6-20(22)14-26(27)10-9-21-19(13-26)7-8-23(28)24(21)29/h2-3,5-8,11-12,17H,4,9-10,13-14H2,1H3,(H2,31,32). The maximum absolute atomic E-state index is 14.5. The van der Waals surface area contributed by atoms with Crippen LogP contribution in [0.2, 0.25) is 0 Å². The lowest BCUT2D eigenvalue weighted by Gasteiger charge is -2.44. The summed E-state index contributed by atoms with van der Waals surface area (Å²) in [6, 6.07) is 11.5. The van der Waals surface area contributed by atoms with Crippen molar-refractivity contribution in [2.75, 3.05) is 7.05 Å². The van der Waals surface area contributed by atoms with Crippen LogP contribution in [0.25, 0.3) is 0 Å². The van der Waals surface area contributed by atoms with Crippen LogP contribution >= 0.6 is 0 Å². The van der Waals surface area contributed by atoms with Crippen molar-refractivity contribution in [2.24, 2.45) is 16.1 Å². The van der Waals surface area contributed by atoms with E-state index >= 15 is 0 Å². The Morgan fingerprint density at radius 1 is 1.21 bits per heavy atom. The SMILES string of the molecule is CN1OC2(N=C1N)c1cc(C3C=C(C#N)C=CC3)ccc1CC21CCc2c(ccc(F)c2F)C1. The van der Waals surface area contributed by atoms with Crippen molar-refractivity contribution in [3.8, 4) is 6.07 Å². The van der Waals surface area contributed by atoms with Crippen molar-refractivity contribution in [1.29, 1.82) is 5.26 Å². The summed E-state index contributed by atoms with van der Waals surface area (Å²) in [5.74, 6) is -1.18. The largest absolute Gasteiger partial charge is 0.368 e. The van der Waals surface area contributed by atoms with E-state index in [0.29, 0.717) is 42.8 Å². The number of benzene rings is 2. The highest BCUT2D eigenvalue weighted by Gasteiger charge is 2.63. The van der Waals surface area contributed by atoms with E-state index in [9.17, 15) is 14.0 Å². The topological polar surface area (TPSA) is 74.6 Å². The van der Waals surface area contributed by atoms with Gasteiger partial charge in [-0.3, -0.25) is 0 Å². The molecule has 1 heterocycles. The predicted molar refractivity (Wildman–Crippen MR) is 123 cm³/mol. The lowest BCUT2D eigenvalue weighted by molar-refractivity contribution is -0.224. The zero-order valence-corrected chi connectivity index (χ0v) is 18.8. The Hall–Kier alpha value is -3.50. The zero-order valence-electron chi connectivity index (χ0n) is 18.8. The van der Waals surface area contributed by atoms with Gasteiger partial charge in [-0.05, 0) is 72.6 Å². The molecule has 0 saturated carbocycles. The molecule has 2 aromatic carbocycles. The molecule has 2 N–H and O–H groups in total. The third kappa shape index (κ3) is 2.82. The quantitative estimate of drug-likeness (QED) is 0.681. The molecule has 34 heavy (non-hydrogen) atoms. The molecular weight excluding hydrogens is 434 g/mol. The van der Waals surface area contributed by atoms with Crippen LogP contribution in [0, 0.1) is 28.4 Å². The fourth-order valence-electron chi connectivity index (χ4n) is 6.20. The first kappa shape index (κ1) is 21.1. The summed E-state index contributed by atoms with van der Waals surface area (Å²) in [6.07, 6.45) is 8.90. The third-order valence-electron chi connectivity index (χ3n) is 7.91. The minimum absolute atomic E-state index is 0.0863. The molecule has 0 bridgehead atoms. The molecular formula is C27H24F2N4O. The highest BCUT2D eigenvalue weighted by molar-refractivity contribution is 5.79. The van der Waals surface area contributed by atoms with Gasteiger partial charge in [0.25, 0.3) is 0 Å². The lowest BCUT2D eigenvalue weighted by atomic mass is 9.65. The predicted octanol–water partition coefficient (Wildman–Crippen LogP) is 4.53. The van der Waals surface area contributed by atoms with Gasteiger partial charge < -0.3 is 5.73 Å². The van der Waals surface area contributed by atoms with E-state index in [1.807, 2.05) is 18.2 Å². The summed E-state index contributed by atoms with van der Waals surface area (Å²) in [7, 11) is 1.74. The Balaban J connectivity index is 1.48. The van der Waals surface area contributed by atoms with Crippen molar-refractivity contribution in [3.05, 3.63) is 93.6 Å². The molecule has 5 nitrogen and oxygen atoms in total. The minimum atomic E-state index is -1.04. The molecule has 3 aliphatic carbocycles. The summed E-state index contributed by atoms with van der Waals surface area (Å²) in [6.45, 7) is 0. The van der Waals surface area contributed by atoms with Crippen LogP contribution in [-0.4, -0.2) is 18.1 Å². The lowest BCUT2D eigenvalue weighted by Crippen LogP contribution is -2.47. The number of guanidine groups is 1. The Bertz CT molecular complexity index is 1360. The molecule has 0 saturated heterocycles. The van der Waals surface area contributed by atoms with Crippen LogP contribution in [0.5, 0.6) is 0 Å². The summed E-state index contributed by atoms with van der Waals surface area (Å²) in [5, 5.41) is 10.8. The van der Waals surface area contributed by atoms with E-state index in [1.54, 1.807) is 13.1 Å². The number of allylic oxidation sites excluding steroid dienone is 4. The number of fused-ring (bicyclic) bond motifs is 4. The van der Waals surface area contributed by atoms with Gasteiger partial charge in [0.1, 0.15) is 0 Å². The van der Waals surface area contributed by atoms with Crippen LogP contribution in [0.4, 0.5) is 8.78 Å². The number of aliphatic imine (C=N–C) groups is 1. The second-order valence-corrected chi connectivity index (χ2v) is 9.73. The molecule has 3 atom stereocenters. The molecule has 1 aliphatic heterocycles. The number of hydrogen-bond acceptors (Lipinski definition) is 5. The second-order valence-electron chi connectivity index (χ2n) is 9.73. The van der Waals surface area contributed by atoms with Gasteiger partial charge in [0.05, 0.1) is 6.07 Å². The van der Waals surface area contributed by atoms with E-state index in [2.05, 4.69) is 24.3 Å². The minimum Gasteiger partial charge on any atom is -0.368 e. The third-order valence-corrected chi connectivity index (χ3v) is 7.91. The van der Waals surface area contributed by atoms with Crippen molar-refractivity contribution in [1.82, 2.24) is 5.06 Å². The van der Waals surface area contributed by atoms with Gasteiger partial charge in [0, 0.05) is 29.5 Å². The van der Waals surface area contributed by atoms with Crippen LogP contribution in [0.3, 0.4) is 0 Å². The first-order valence-electron chi connectivity index (χ1n) is 11.5. The van der Waals surface area contributed by atoms with Crippen LogP contribution in [0.1, 0.15) is 46.6 Å². The van der Waals surface area contributed by atoms with E-state index < -0.39 is 22.8 Å². The highest BCUT2D eigenvalue weighted by Crippen LogP contribution is 2.61. The Morgan fingerprint density at radius 2 is 2.00 bits per heavy atom. The van der Waals surface area contributed by atoms with Crippen molar-refractivity contribution in [2.45, 2.75) is 43.7 Å². The van der Waals surface area contributed by atoms with Crippen molar-refractivity contribution >= 4 is 5.96 Å². The monoisotopic (exact) mass is 458 g/mol. The first-order chi connectivity index (χ1) is 16.4. The van der Waals surface area contributed by atoms with Gasteiger partial charge >= 0.3 is 0 Å². The van der Waals surface area contributed by atoms with Gasteiger partial charge in [-0.1, -0.05) is 30.4 Å². The Kier molecular flexibility index (Phi) is 4.49. The summed E-state index contributed by atoms with van der Waals surface area (Å²) >= 11 is 0. The zero-order chi connectivity index (χ0) is 23.7. The number of rotatable bonds is 1. The van der Waals surface area contributed by atoms with Crippen LogP contribution in [0.15, 0.2) is 59.1 Å². The van der Waals surface area contributed by atoms with Crippen LogP contribution < -0.4 is 5.73 Å². The van der Waals surface area contributed by atoms with Crippen LogP contribution in [-0.2, 0) is 29.8 Å².